The predicted octanol–water partition coefficient (Wildman–Crippen LogP) is 6.91. The number of hydrogen-bond donors (Lipinski definition) is 0. The molecule has 0 saturated carbocycles. The Morgan fingerprint density at radius 3 is 2.17 bits per heavy atom. The highest BCUT2D eigenvalue weighted by Gasteiger charge is 2.13. The second-order valence-electron chi connectivity index (χ2n) is 6.23. The minimum atomic E-state index is 0.867. The molecule has 2 heterocycles. The highest BCUT2D eigenvalue weighted by molar-refractivity contribution is 6.15. The SMILES string of the molecule is C/C=C(\C)c1ccc2oc3cc4oc5ccccc5c4cc3c2c1. The third-order valence-electron chi connectivity index (χ3n) is 4.86. The van der Waals surface area contributed by atoms with E-state index in [1.54, 1.807) is 0 Å². The Kier molecular flexibility index (Phi) is 2.66. The summed E-state index contributed by atoms with van der Waals surface area (Å²) in [5, 5.41) is 4.56. The maximum absolute atomic E-state index is 6.05. The second-order valence-corrected chi connectivity index (χ2v) is 6.23. The van der Waals surface area contributed by atoms with E-state index in [9.17, 15) is 0 Å². The van der Waals surface area contributed by atoms with Gasteiger partial charge in [0.25, 0.3) is 0 Å². The molecule has 5 aromatic rings. The van der Waals surface area contributed by atoms with E-state index in [-0.39, 0.29) is 0 Å². The summed E-state index contributed by atoms with van der Waals surface area (Å²) >= 11 is 0. The zero-order valence-corrected chi connectivity index (χ0v) is 13.6. The van der Waals surface area contributed by atoms with Crippen molar-refractivity contribution < 1.29 is 8.83 Å². The molecule has 0 saturated heterocycles. The molecule has 0 bridgehead atoms. The molecular weight excluding hydrogens is 296 g/mol. The van der Waals surface area contributed by atoms with Crippen LogP contribution in [0.15, 0.2) is 69.5 Å². The van der Waals surface area contributed by atoms with Crippen molar-refractivity contribution in [3.63, 3.8) is 0 Å². The fourth-order valence-corrected chi connectivity index (χ4v) is 3.41. The quantitative estimate of drug-likeness (QED) is 0.336. The van der Waals surface area contributed by atoms with Crippen molar-refractivity contribution in [2.75, 3.05) is 0 Å². The molecule has 0 N–H and O–H groups in total. The molecule has 24 heavy (non-hydrogen) atoms. The van der Waals surface area contributed by atoms with E-state index in [4.69, 9.17) is 8.83 Å². The van der Waals surface area contributed by atoms with Gasteiger partial charge in [0.2, 0.25) is 0 Å². The fourth-order valence-electron chi connectivity index (χ4n) is 3.41. The van der Waals surface area contributed by atoms with Crippen LogP contribution in [0.1, 0.15) is 19.4 Å². The lowest BCUT2D eigenvalue weighted by atomic mass is 10.0. The van der Waals surface area contributed by atoms with Crippen molar-refractivity contribution >= 4 is 49.5 Å². The van der Waals surface area contributed by atoms with Crippen LogP contribution in [0, 0.1) is 0 Å². The average Bonchev–Trinajstić information content (AvgIpc) is 3.15. The summed E-state index contributed by atoms with van der Waals surface area (Å²) in [6.45, 7) is 4.19. The van der Waals surface area contributed by atoms with E-state index in [1.807, 2.05) is 24.3 Å². The zero-order valence-electron chi connectivity index (χ0n) is 13.6. The lowest BCUT2D eigenvalue weighted by Gasteiger charge is -2.00. The molecule has 0 fully saturated rings. The maximum atomic E-state index is 6.05. The second kappa shape index (κ2) is 4.75. The molecule has 0 amide bonds. The minimum Gasteiger partial charge on any atom is -0.456 e. The van der Waals surface area contributed by atoms with Crippen LogP contribution in [0.4, 0.5) is 0 Å². The Bertz CT molecular complexity index is 1270. The van der Waals surface area contributed by atoms with Crippen molar-refractivity contribution in [1.29, 1.82) is 0 Å². The molecule has 2 aromatic heterocycles. The summed E-state index contributed by atoms with van der Waals surface area (Å²) in [6.07, 6.45) is 2.13. The van der Waals surface area contributed by atoms with Gasteiger partial charge in [0, 0.05) is 27.6 Å². The smallest absolute Gasteiger partial charge is 0.139 e. The summed E-state index contributed by atoms with van der Waals surface area (Å²) in [7, 11) is 0. The first-order chi connectivity index (χ1) is 11.7. The van der Waals surface area contributed by atoms with Crippen LogP contribution in [0.5, 0.6) is 0 Å². The Hall–Kier alpha value is -3.00. The zero-order chi connectivity index (χ0) is 16.3. The molecule has 0 radical (unpaired) electrons. The van der Waals surface area contributed by atoms with Gasteiger partial charge in [-0.1, -0.05) is 30.3 Å². The highest BCUT2D eigenvalue weighted by Crippen LogP contribution is 2.37. The topological polar surface area (TPSA) is 26.3 Å². The normalized spacial score (nSPS) is 12.8. The van der Waals surface area contributed by atoms with Crippen LogP contribution in [0.2, 0.25) is 0 Å². The van der Waals surface area contributed by atoms with Crippen molar-refractivity contribution in [3.8, 4) is 0 Å². The fraction of sp³-hybridized carbons (Fsp3) is 0.0909. The Morgan fingerprint density at radius 2 is 1.38 bits per heavy atom. The lowest BCUT2D eigenvalue weighted by Crippen LogP contribution is -1.78. The van der Waals surface area contributed by atoms with Crippen LogP contribution < -0.4 is 0 Å². The summed E-state index contributed by atoms with van der Waals surface area (Å²) in [5.74, 6) is 0. The Balaban J connectivity index is 1.91. The van der Waals surface area contributed by atoms with Crippen LogP contribution in [0.3, 0.4) is 0 Å². The number of hydrogen-bond acceptors (Lipinski definition) is 2. The number of rotatable bonds is 1. The van der Waals surface area contributed by atoms with Gasteiger partial charge in [-0.3, -0.25) is 0 Å². The summed E-state index contributed by atoms with van der Waals surface area (Å²) in [6, 6.07) is 18.7. The molecule has 0 unspecified atom stereocenters. The molecule has 3 aromatic carbocycles. The van der Waals surface area contributed by atoms with Gasteiger partial charge in [-0.05, 0) is 49.2 Å². The lowest BCUT2D eigenvalue weighted by molar-refractivity contribution is 0.656. The van der Waals surface area contributed by atoms with Crippen molar-refractivity contribution in [2.45, 2.75) is 13.8 Å². The predicted molar refractivity (Wildman–Crippen MR) is 100 cm³/mol. The molecule has 0 aliphatic rings. The minimum absolute atomic E-state index is 0.867. The first-order valence-electron chi connectivity index (χ1n) is 8.15. The molecular formula is C22H16O2. The highest BCUT2D eigenvalue weighted by atomic mass is 16.3. The van der Waals surface area contributed by atoms with Crippen LogP contribution in [-0.2, 0) is 0 Å². The van der Waals surface area contributed by atoms with Gasteiger partial charge in [0.1, 0.15) is 22.3 Å². The molecule has 0 atom stereocenters. The summed E-state index contributed by atoms with van der Waals surface area (Å²) < 4.78 is 12.0. The van der Waals surface area contributed by atoms with Gasteiger partial charge < -0.3 is 8.83 Å². The van der Waals surface area contributed by atoms with Gasteiger partial charge in [-0.25, -0.2) is 0 Å². The Labute approximate surface area is 139 Å². The first kappa shape index (κ1) is 13.4. The van der Waals surface area contributed by atoms with E-state index in [1.165, 1.54) is 11.1 Å². The third-order valence-corrected chi connectivity index (χ3v) is 4.86. The van der Waals surface area contributed by atoms with Crippen LogP contribution >= 0.6 is 0 Å². The Morgan fingerprint density at radius 1 is 0.708 bits per heavy atom. The number of furan rings is 2. The van der Waals surface area contributed by atoms with E-state index < -0.39 is 0 Å². The molecule has 2 heteroatoms. The molecule has 116 valence electrons. The van der Waals surface area contributed by atoms with E-state index >= 15 is 0 Å². The van der Waals surface area contributed by atoms with Gasteiger partial charge in [-0.15, -0.1) is 0 Å². The van der Waals surface area contributed by atoms with E-state index in [0.717, 1.165) is 43.9 Å². The monoisotopic (exact) mass is 312 g/mol. The number of benzene rings is 3. The molecule has 0 aliphatic heterocycles. The van der Waals surface area contributed by atoms with Gasteiger partial charge in [-0.2, -0.15) is 0 Å². The van der Waals surface area contributed by atoms with Gasteiger partial charge >= 0.3 is 0 Å². The van der Waals surface area contributed by atoms with Crippen molar-refractivity contribution in [1.82, 2.24) is 0 Å². The standard InChI is InChI=1S/C22H16O2/c1-3-13(2)14-8-9-20-16(10-14)18-11-17-15-6-4-5-7-19(15)23-21(17)12-22(18)24-20/h3-12H,1-2H3/b13-3+. The molecule has 5 rings (SSSR count). The van der Waals surface area contributed by atoms with Gasteiger partial charge in [0.05, 0.1) is 0 Å². The van der Waals surface area contributed by atoms with Crippen LogP contribution in [-0.4, -0.2) is 0 Å². The van der Waals surface area contributed by atoms with Crippen molar-refractivity contribution in [3.05, 3.63) is 66.2 Å². The summed E-state index contributed by atoms with van der Waals surface area (Å²) in [4.78, 5) is 0. The maximum Gasteiger partial charge on any atom is 0.139 e. The largest absolute Gasteiger partial charge is 0.456 e. The molecule has 0 spiro atoms. The average molecular weight is 312 g/mol. The number of fused-ring (bicyclic) bond motifs is 6. The van der Waals surface area contributed by atoms with E-state index in [0.29, 0.717) is 0 Å². The molecule has 2 nitrogen and oxygen atoms in total. The third kappa shape index (κ3) is 1.77. The molecule has 0 aliphatic carbocycles. The number of para-hydroxylation sites is 1. The van der Waals surface area contributed by atoms with Crippen molar-refractivity contribution in [2.24, 2.45) is 0 Å². The summed E-state index contributed by atoms with van der Waals surface area (Å²) in [5.41, 5.74) is 6.05. The van der Waals surface area contributed by atoms with Crippen LogP contribution in [0.25, 0.3) is 49.5 Å². The van der Waals surface area contributed by atoms with Gasteiger partial charge in [0.15, 0.2) is 0 Å². The van der Waals surface area contributed by atoms with E-state index in [2.05, 4.69) is 50.3 Å². The first-order valence-corrected chi connectivity index (χ1v) is 8.15. The number of allylic oxidation sites excluding steroid dienone is 2.